The Morgan fingerprint density at radius 2 is 2.29 bits per heavy atom. The normalized spacial score (nSPS) is 10.4. The summed E-state index contributed by atoms with van der Waals surface area (Å²) in [4.78, 5) is 7.41. The van der Waals surface area contributed by atoms with Crippen LogP contribution in [-0.2, 0) is 13.0 Å². The molecule has 0 unspecified atom stereocenters. The van der Waals surface area contributed by atoms with E-state index >= 15 is 0 Å². The highest BCUT2D eigenvalue weighted by Gasteiger charge is 2.11. The Labute approximate surface area is 128 Å². The van der Waals surface area contributed by atoms with E-state index < -0.39 is 5.82 Å². The number of anilines is 1. The van der Waals surface area contributed by atoms with Crippen LogP contribution in [0.4, 0.5) is 10.1 Å². The lowest BCUT2D eigenvalue weighted by Crippen LogP contribution is -2.03. The second-order valence-corrected chi connectivity index (χ2v) is 5.04. The fourth-order valence-electron chi connectivity index (χ4n) is 1.99. The zero-order chi connectivity index (χ0) is 15.2. The van der Waals surface area contributed by atoms with Crippen molar-refractivity contribution in [2.45, 2.75) is 32.7 Å². The molecule has 0 aliphatic heterocycles. The van der Waals surface area contributed by atoms with Gasteiger partial charge in [-0.25, -0.2) is 9.37 Å². The number of hydrogen-bond donors (Lipinski definition) is 2. The van der Waals surface area contributed by atoms with Gasteiger partial charge in [-0.2, -0.15) is 5.26 Å². The average molecular weight is 307 g/mol. The van der Waals surface area contributed by atoms with Crippen molar-refractivity contribution in [1.82, 2.24) is 9.97 Å². The number of H-pyrrole nitrogens is 1. The second-order valence-electron chi connectivity index (χ2n) is 4.68. The number of halogens is 2. The minimum Gasteiger partial charge on any atom is -0.378 e. The lowest BCUT2D eigenvalue weighted by Gasteiger charge is -2.07. The topological polar surface area (TPSA) is 64.5 Å². The molecular formula is C15H16ClFN4. The van der Waals surface area contributed by atoms with Gasteiger partial charge in [-0.15, -0.1) is 0 Å². The molecule has 0 aliphatic carbocycles. The summed E-state index contributed by atoms with van der Waals surface area (Å²) in [5.41, 5.74) is 1.17. The maximum Gasteiger partial charge on any atom is 0.152 e. The molecule has 21 heavy (non-hydrogen) atoms. The Balaban J connectivity index is 2.08. The number of rotatable bonds is 6. The summed E-state index contributed by atoms with van der Waals surface area (Å²) >= 11 is 6.07. The summed E-state index contributed by atoms with van der Waals surface area (Å²) in [6, 6.07) is 6.32. The largest absolute Gasteiger partial charge is 0.378 e. The van der Waals surface area contributed by atoms with Crippen molar-refractivity contribution in [1.29, 1.82) is 5.26 Å². The third-order valence-corrected chi connectivity index (χ3v) is 3.44. The quantitative estimate of drug-likeness (QED) is 0.847. The second kappa shape index (κ2) is 7.09. The van der Waals surface area contributed by atoms with E-state index in [9.17, 15) is 4.39 Å². The Morgan fingerprint density at radius 1 is 1.48 bits per heavy atom. The van der Waals surface area contributed by atoms with Gasteiger partial charge in [0.25, 0.3) is 0 Å². The van der Waals surface area contributed by atoms with E-state index in [1.54, 1.807) is 12.1 Å². The van der Waals surface area contributed by atoms with E-state index in [0.29, 0.717) is 17.4 Å². The standard InChI is InChI=1S/C15H16ClFN4/c1-2-3-7-14-20-13(15(16)21-14)9-19-12-6-4-5-11(17)10(12)8-18/h4-6,19H,2-3,7,9H2,1H3,(H,20,21). The number of nitriles is 1. The first-order valence-corrected chi connectivity index (χ1v) is 7.19. The monoisotopic (exact) mass is 306 g/mol. The molecule has 0 bridgehead atoms. The van der Waals surface area contributed by atoms with Gasteiger partial charge in [-0.1, -0.05) is 31.0 Å². The first kappa shape index (κ1) is 15.3. The van der Waals surface area contributed by atoms with Gasteiger partial charge in [0.15, 0.2) is 5.15 Å². The van der Waals surface area contributed by atoms with Gasteiger partial charge in [0.2, 0.25) is 0 Å². The summed E-state index contributed by atoms with van der Waals surface area (Å²) in [6.07, 6.45) is 2.97. The van der Waals surface area contributed by atoms with Crippen LogP contribution in [-0.4, -0.2) is 9.97 Å². The van der Waals surface area contributed by atoms with Crippen molar-refractivity contribution < 1.29 is 4.39 Å². The van der Waals surface area contributed by atoms with Gasteiger partial charge >= 0.3 is 0 Å². The van der Waals surface area contributed by atoms with Crippen LogP contribution < -0.4 is 5.32 Å². The molecule has 0 fully saturated rings. The lowest BCUT2D eigenvalue weighted by molar-refractivity contribution is 0.624. The molecule has 1 aromatic heterocycles. The molecule has 110 valence electrons. The molecular weight excluding hydrogens is 291 g/mol. The van der Waals surface area contributed by atoms with Crippen molar-refractivity contribution in [3.05, 3.63) is 46.3 Å². The van der Waals surface area contributed by atoms with Crippen molar-refractivity contribution in [3.63, 3.8) is 0 Å². The summed E-state index contributed by atoms with van der Waals surface area (Å²) in [7, 11) is 0. The minimum absolute atomic E-state index is 0.000607. The molecule has 0 aliphatic rings. The molecule has 4 nitrogen and oxygen atoms in total. The van der Waals surface area contributed by atoms with Gasteiger partial charge in [0.05, 0.1) is 17.9 Å². The van der Waals surface area contributed by atoms with E-state index in [-0.39, 0.29) is 5.56 Å². The van der Waals surface area contributed by atoms with E-state index in [4.69, 9.17) is 16.9 Å². The summed E-state index contributed by atoms with van der Waals surface area (Å²) in [5.74, 6) is 0.306. The molecule has 6 heteroatoms. The van der Waals surface area contributed by atoms with E-state index in [2.05, 4.69) is 22.2 Å². The Kier molecular flexibility index (Phi) is 5.18. The van der Waals surface area contributed by atoms with Crippen molar-refractivity contribution in [2.75, 3.05) is 5.32 Å². The predicted octanol–water partition coefficient (Wildman–Crippen LogP) is 4.03. The molecule has 2 aromatic rings. The van der Waals surface area contributed by atoms with Crippen LogP contribution in [0, 0.1) is 17.1 Å². The van der Waals surface area contributed by atoms with Crippen LogP contribution in [0.15, 0.2) is 18.2 Å². The molecule has 1 heterocycles. The molecule has 0 saturated heterocycles. The fraction of sp³-hybridized carbons (Fsp3) is 0.333. The maximum absolute atomic E-state index is 13.5. The average Bonchev–Trinajstić information content (AvgIpc) is 2.83. The van der Waals surface area contributed by atoms with Crippen LogP contribution in [0.5, 0.6) is 0 Å². The number of imidazole rings is 1. The summed E-state index contributed by atoms with van der Waals surface area (Å²) < 4.78 is 13.5. The lowest BCUT2D eigenvalue weighted by atomic mass is 10.2. The SMILES string of the molecule is CCCCc1nc(Cl)c(CNc2cccc(F)c2C#N)[nH]1. The number of benzene rings is 1. The number of aryl methyl sites for hydroxylation is 1. The fourth-order valence-corrected chi connectivity index (χ4v) is 2.20. The van der Waals surface area contributed by atoms with Gasteiger partial charge in [0, 0.05) is 6.42 Å². The summed E-state index contributed by atoms with van der Waals surface area (Å²) in [5, 5.41) is 12.4. The highest BCUT2D eigenvalue weighted by Crippen LogP contribution is 2.20. The first-order valence-electron chi connectivity index (χ1n) is 6.81. The van der Waals surface area contributed by atoms with Crippen LogP contribution >= 0.6 is 11.6 Å². The Bertz CT molecular complexity index is 660. The van der Waals surface area contributed by atoms with Crippen molar-refractivity contribution >= 4 is 17.3 Å². The molecule has 0 spiro atoms. The number of aromatic nitrogens is 2. The molecule has 2 rings (SSSR count). The number of nitrogens with zero attached hydrogens (tertiary/aromatic N) is 2. The summed E-state index contributed by atoms with van der Waals surface area (Å²) in [6.45, 7) is 2.47. The minimum atomic E-state index is -0.540. The number of aromatic amines is 1. The van der Waals surface area contributed by atoms with Crippen molar-refractivity contribution in [2.24, 2.45) is 0 Å². The van der Waals surface area contributed by atoms with E-state index in [1.165, 1.54) is 6.07 Å². The highest BCUT2D eigenvalue weighted by molar-refractivity contribution is 6.30. The van der Waals surface area contributed by atoms with Gasteiger partial charge in [-0.3, -0.25) is 0 Å². The maximum atomic E-state index is 13.5. The van der Waals surface area contributed by atoms with E-state index in [1.807, 2.05) is 6.07 Å². The molecule has 2 N–H and O–H groups in total. The van der Waals surface area contributed by atoms with Crippen LogP contribution in [0.1, 0.15) is 36.8 Å². The number of unbranched alkanes of at least 4 members (excludes halogenated alkanes) is 1. The molecule has 0 radical (unpaired) electrons. The van der Waals surface area contributed by atoms with Gasteiger partial charge in [0.1, 0.15) is 23.3 Å². The molecule has 0 saturated carbocycles. The highest BCUT2D eigenvalue weighted by atomic mass is 35.5. The molecule has 1 aromatic carbocycles. The molecule has 0 atom stereocenters. The number of hydrogen-bond acceptors (Lipinski definition) is 3. The third kappa shape index (κ3) is 3.73. The zero-order valence-corrected chi connectivity index (χ0v) is 12.5. The predicted molar refractivity (Wildman–Crippen MR) is 80.7 cm³/mol. The zero-order valence-electron chi connectivity index (χ0n) is 11.7. The molecule has 0 amide bonds. The number of nitrogens with one attached hydrogen (secondary N) is 2. The third-order valence-electron chi connectivity index (χ3n) is 3.13. The first-order chi connectivity index (χ1) is 10.2. The van der Waals surface area contributed by atoms with Gasteiger partial charge in [-0.05, 0) is 18.6 Å². The van der Waals surface area contributed by atoms with Crippen LogP contribution in [0.25, 0.3) is 0 Å². The van der Waals surface area contributed by atoms with Gasteiger partial charge < -0.3 is 10.3 Å². The van der Waals surface area contributed by atoms with Crippen LogP contribution in [0.2, 0.25) is 5.15 Å². The smallest absolute Gasteiger partial charge is 0.152 e. The van der Waals surface area contributed by atoms with Crippen molar-refractivity contribution in [3.8, 4) is 6.07 Å². The Morgan fingerprint density at radius 3 is 3.00 bits per heavy atom. The van der Waals surface area contributed by atoms with E-state index in [0.717, 1.165) is 30.8 Å². The Hall–Kier alpha value is -2.06. The van der Waals surface area contributed by atoms with Crippen LogP contribution in [0.3, 0.4) is 0 Å².